The second-order valence-corrected chi connectivity index (χ2v) is 4.92. The molecule has 0 unspecified atom stereocenters. The Hall–Kier alpha value is -1.35. The molecule has 0 N–H and O–H groups in total. The minimum atomic E-state index is 0.604. The summed E-state index contributed by atoms with van der Waals surface area (Å²) in [7, 11) is 0. The minimum Gasteiger partial charge on any atom is -0.439 e. The summed E-state index contributed by atoms with van der Waals surface area (Å²) in [4.78, 5) is 4.26. The number of ether oxygens (including phenoxy) is 1. The largest absolute Gasteiger partial charge is 0.439 e. The van der Waals surface area contributed by atoms with E-state index in [1.54, 1.807) is 0 Å². The molecule has 2 aromatic rings. The van der Waals surface area contributed by atoms with Gasteiger partial charge in [-0.1, -0.05) is 12.1 Å². The molecule has 1 aromatic heterocycles. The van der Waals surface area contributed by atoms with Crippen molar-refractivity contribution >= 4 is 15.9 Å². The third-order valence-electron chi connectivity index (χ3n) is 2.67. The number of benzene rings is 1. The molecule has 0 aliphatic heterocycles. The summed E-state index contributed by atoms with van der Waals surface area (Å²) in [5, 5.41) is 0. The van der Waals surface area contributed by atoms with Crippen LogP contribution in [-0.4, -0.2) is 4.98 Å². The quantitative estimate of drug-likeness (QED) is 0.757. The molecular formula is C14H14BrNO. The first-order valence-electron chi connectivity index (χ1n) is 5.44. The number of aromatic nitrogens is 1. The summed E-state index contributed by atoms with van der Waals surface area (Å²) in [6, 6.07) is 9.81. The average Bonchev–Trinajstić information content (AvgIpc) is 2.25. The molecule has 0 radical (unpaired) electrons. The Morgan fingerprint density at radius 3 is 2.59 bits per heavy atom. The maximum absolute atomic E-state index is 5.81. The number of hydrogen-bond acceptors (Lipinski definition) is 2. The molecule has 0 bridgehead atoms. The lowest BCUT2D eigenvalue weighted by Crippen LogP contribution is -1.93. The first kappa shape index (κ1) is 12.1. The molecule has 0 atom stereocenters. The summed E-state index contributed by atoms with van der Waals surface area (Å²) < 4.78 is 6.59. The predicted molar refractivity (Wildman–Crippen MR) is 72.7 cm³/mol. The topological polar surface area (TPSA) is 22.1 Å². The zero-order chi connectivity index (χ0) is 12.4. The van der Waals surface area contributed by atoms with Crippen molar-refractivity contribution in [2.75, 3.05) is 0 Å². The maximum atomic E-state index is 5.81. The van der Waals surface area contributed by atoms with Gasteiger partial charge in [-0.2, -0.15) is 0 Å². The molecule has 17 heavy (non-hydrogen) atoms. The fourth-order valence-electron chi connectivity index (χ4n) is 1.67. The summed E-state index contributed by atoms with van der Waals surface area (Å²) in [5.74, 6) is 1.47. The van der Waals surface area contributed by atoms with Crippen LogP contribution >= 0.6 is 15.9 Å². The maximum Gasteiger partial charge on any atom is 0.220 e. The van der Waals surface area contributed by atoms with Crippen molar-refractivity contribution in [2.45, 2.75) is 20.8 Å². The first-order chi connectivity index (χ1) is 8.06. The van der Waals surface area contributed by atoms with Crippen molar-refractivity contribution in [3.63, 3.8) is 0 Å². The van der Waals surface area contributed by atoms with Gasteiger partial charge in [0.25, 0.3) is 0 Å². The van der Waals surface area contributed by atoms with Crippen molar-refractivity contribution in [1.82, 2.24) is 4.98 Å². The zero-order valence-electron chi connectivity index (χ0n) is 10.1. The van der Waals surface area contributed by atoms with Crippen LogP contribution in [0.15, 0.2) is 34.9 Å². The Bertz CT molecular complexity index is 552. The Balaban J connectivity index is 2.36. The van der Waals surface area contributed by atoms with Crippen LogP contribution in [0, 0.1) is 20.8 Å². The lowest BCUT2D eigenvalue weighted by atomic mass is 10.1. The van der Waals surface area contributed by atoms with E-state index in [-0.39, 0.29) is 0 Å². The molecule has 0 spiro atoms. The van der Waals surface area contributed by atoms with Gasteiger partial charge in [0.05, 0.1) is 0 Å². The van der Waals surface area contributed by atoms with Crippen LogP contribution in [0.5, 0.6) is 11.6 Å². The van der Waals surface area contributed by atoms with E-state index in [0.29, 0.717) is 5.88 Å². The standard InChI is InChI=1S/C14H14BrNO/c1-9-7-10(2)11(3)12(8-9)17-14-6-4-5-13(15)16-14/h4-8H,1-3H3. The van der Waals surface area contributed by atoms with Gasteiger partial charge in [-0.3, -0.25) is 0 Å². The molecule has 1 aromatic carbocycles. The monoisotopic (exact) mass is 291 g/mol. The van der Waals surface area contributed by atoms with Gasteiger partial charge in [-0.05, 0) is 65.5 Å². The van der Waals surface area contributed by atoms with Crippen LogP contribution < -0.4 is 4.74 Å². The van der Waals surface area contributed by atoms with Crippen LogP contribution in [0.3, 0.4) is 0 Å². The Morgan fingerprint density at radius 2 is 1.88 bits per heavy atom. The van der Waals surface area contributed by atoms with Gasteiger partial charge in [-0.25, -0.2) is 4.98 Å². The number of hydrogen-bond donors (Lipinski definition) is 0. The minimum absolute atomic E-state index is 0.604. The lowest BCUT2D eigenvalue weighted by molar-refractivity contribution is 0.457. The highest BCUT2D eigenvalue weighted by Crippen LogP contribution is 2.27. The number of halogens is 1. The lowest BCUT2D eigenvalue weighted by Gasteiger charge is -2.11. The van der Waals surface area contributed by atoms with E-state index in [1.165, 1.54) is 11.1 Å². The van der Waals surface area contributed by atoms with E-state index in [1.807, 2.05) is 24.3 Å². The number of nitrogens with zero attached hydrogens (tertiary/aromatic N) is 1. The summed E-state index contributed by atoms with van der Waals surface area (Å²) >= 11 is 3.33. The van der Waals surface area contributed by atoms with Crippen LogP contribution in [0.25, 0.3) is 0 Å². The highest BCUT2D eigenvalue weighted by Gasteiger charge is 2.06. The second kappa shape index (κ2) is 4.88. The van der Waals surface area contributed by atoms with Gasteiger partial charge in [0.15, 0.2) is 0 Å². The zero-order valence-corrected chi connectivity index (χ0v) is 11.7. The van der Waals surface area contributed by atoms with E-state index in [9.17, 15) is 0 Å². The van der Waals surface area contributed by atoms with Gasteiger partial charge < -0.3 is 4.74 Å². The Kier molecular flexibility index (Phi) is 3.48. The molecule has 2 nitrogen and oxygen atoms in total. The van der Waals surface area contributed by atoms with Crippen molar-refractivity contribution in [3.8, 4) is 11.6 Å². The molecule has 0 aliphatic rings. The van der Waals surface area contributed by atoms with Gasteiger partial charge >= 0.3 is 0 Å². The molecule has 88 valence electrons. The van der Waals surface area contributed by atoms with Crippen LogP contribution in [0.2, 0.25) is 0 Å². The molecular weight excluding hydrogens is 278 g/mol. The van der Waals surface area contributed by atoms with Crippen molar-refractivity contribution < 1.29 is 4.74 Å². The predicted octanol–water partition coefficient (Wildman–Crippen LogP) is 4.56. The molecule has 2 rings (SSSR count). The van der Waals surface area contributed by atoms with E-state index in [0.717, 1.165) is 15.9 Å². The fourth-order valence-corrected chi connectivity index (χ4v) is 1.99. The fraction of sp³-hybridized carbons (Fsp3) is 0.214. The van der Waals surface area contributed by atoms with Crippen molar-refractivity contribution in [2.24, 2.45) is 0 Å². The Labute approximate surface area is 110 Å². The van der Waals surface area contributed by atoms with Crippen LogP contribution in [-0.2, 0) is 0 Å². The van der Waals surface area contributed by atoms with E-state index < -0.39 is 0 Å². The van der Waals surface area contributed by atoms with Gasteiger partial charge in [0.1, 0.15) is 10.4 Å². The molecule has 1 heterocycles. The summed E-state index contributed by atoms with van der Waals surface area (Å²) in [6.45, 7) is 6.21. The highest BCUT2D eigenvalue weighted by molar-refractivity contribution is 9.10. The van der Waals surface area contributed by atoms with E-state index >= 15 is 0 Å². The smallest absolute Gasteiger partial charge is 0.220 e. The number of pyridine rings is 1. The van der Waals surface area contributed by atoms with E-state index in [2.05, 4.69) is 47.8 Å². The molecule has 0 saturated heterocycles. The second-order valence-electron chi connectivity index (χ2n) is 4.11. The first-order valence-corrected chi connectivity index (χ1v) is 6.24. The SMILES string of the molecule is Cc1cc(C)c(C)c(Oc2cccc(Br)n2)c1. The summed E-state index contributed by atoms with van der Waals surface area (Å²) in [6.07, 6.45) is 0. The van der Waals surface area contributed by atoms with Gasteiger partial charge in [0.2, 0.25) is 5.88 Å². The van der Waals surface area contributed by atoms with E-state index in [4.69, 9.17) is 4.74 Å². The average molecular weight is 292 g/mol. The molecule has 3 heteroatoms. The third-order valence-corrected chi connectivity index (χ3v) is 3.11. The van der Waals surface area contributed by atoms with Crippen molar-refractivity contribution in [1.29, 1.82) is 0 Å². The molecule has 0 fully saturated rings. The third kappa shape index (κ3) is 2.86. The number of rotatable bonds is 2. The highest BCUT2D eigenvalue weighted by atomic mass is 79.9. The van der Waals surface area contributed by atoms with Crippen molar-refractivity contribution in [3.05, 3.63) is 51.6 Å². The summed E-state index contributed by atoms with van der Waals surface area (Å²) in [5.41, 5.74) is 3.57. The molecule has 0 aliphatic carbocycles. The van der Waals surface area contributed by atoms with Gasteiger partial charge in [-0.15, -0.1) is 0 Å². The molecule has 0 saturated carbocycles. The van der Waals surface area contributed by atoms with Gasteiger partial charge in [0, 0.05) is 6.07 Å². The van der Waals surface area contributed by atoms with Crippen LogP contribution in [0.4, 0.5) is 0 Å². The Morgan fingerprint density at radius 1 is 1.12 bits per heavy atom. The normalized spacial score (nSPS) is 10.4. The van der Waals surface area contributed by atoms with Crippen LogP contribution in [0.1, 0.15) is 16.7 Å². The number of aryl methyl sites for hydroxylation is 2. The molecule has 0 amide bonds.